The normalized spacial score (nSPS) is 15.0. The molecule has 2 rings (SSSR count). The summed E-state index contributed by atoms with van der Waals surface area (Å²) in [6.45, 7) is 10.4. The number of hydrogen-bond acceptors (Lipinski definition) is 5. The molecule has 1 fully saturated rings. The van der Waals surface area contributed by atoms with E-state index in [1.54, 1.807) is 19.3 Å². The Labute approximate surface area is 173 Å². The highest BCUT2D eigenvalue weighted by atomic mass is 16.5. The van der Waals surface area contributed by atoms with Crippen LogP contribution >= 0.6 is 0 Å². The van der Waals surface area contributed by atoms with Crippen molar-refractivity contribution in [2.45, 2.75) is 20.8 Å². The summed E-state index contributed by atoms with van der Waals surface area (Å²) in [4.78, 5) is 28.0. The van der Waals surface area contributed by atoms with Crippen molar-refractivity contribution >= 4 is 17.9 Å². The molecule has 0 atom stereocenters. The maximum absolute atomic E-state index is 12.5. The number of carbonyl (C=O) groups excluding carboxylic acids is 2. The molecule has 2 amide bonds. The minimum absolute atomic E-state index is 0.0261. The van der Waals surface area contributed by atoms with E-state index in [1.807, 2.05) is 30.0 Å². The van der Waals surface area contributed by atoms with Crippen molar-refractivity contribution in [2.24, 2.45) is 5.92 Å². The van der Waals surface area contributed by atoms with Gasteiger partial charge in [0.25, 0.3) is 0 Å². The number of rotatable bonds is 9. The largest absolute Gasteiger partial charge is 0.493 e. The van der Waals surface area contributed by atoms with Crippen LogP contribution in [-0.2, 0) is 9.59 Å². The fraction of sp³-hybridized carbons (Fsp3) is 0.545. The van der Waals surface area contributed by atoms with Gasteiger partial charge in [0, 0.05) is 38.8 Å². The van der Waals surface area contributed by atoms with E-state index in [0.717, 1.165) is 5.56 Å². The second kappa shape index (κ2) is 11.5. The minimum atomic E-state index is -0.0261. The number of benzene rings is 1. The number of nitrogens with zero attached hydrogens (tertiary/aromatic N) is 2. The lowest BCUT2D eigenvalue weighted by Gasteiger charge is -2.33. The molecule has 1 aromatic carbocycles. The average Bonchev–Trinajstić information content (AvgIpc) is 2.71. The van der Waals surface area contributed by atoms with Crippen molar-refractivity contribution in [3.05, 3.63) is 29.8 Å². The predicted octanol–water partition coefficient (Wildman–Crippen LogP) is 2.02. The summed E-state index contributed by atoms with van der Waals surface area (Å²) in [7, 11) is 1.61. The van der Waals surface area contributed by atoms with E-state index in [1.165, 1.54) is 0 Å². The van der Waals surface area contributed by atoms with Crippen LogP contribution in [0.3, 0.4) is 0 Å². The number of piperazine rings is 1. The van der Waals surface area contributed by atoms with Gasteiger partial charge in [0.1, 0.15) is 0 Å². The minimum Gasteiger partial charge on any atom is -0.493 e. The van der Waals surface area contributed by atoms with Crippen molar-refractivity contribution in [1.82, 2.24) is 15.1 Å². The Kier molecular flexibility index (Phi) is 8.99. The van der Waals surface area contributed by atoms with Crippen LogP contribution in [0.25, 0.3) is 6.08 Å². The molecule has 0 unspecified atom stereocenters. The molecule has 0 spiro atoms. The van der Waals surface area contributed by atoms with E-state index < -0.39 is 0 Å². The van der Waals surface area contributed by atoms with E-state index in [0.29, 0.717) is 63.3 Å². The molecule has 1 heterocycles. The van der Waals surface area contributed by atoms with Crippen LogP contribution in [0.2, 0.25) is 0 Å². The van der Waals surface area contributed by atoms with Crippen molar-refractivity contribution in [1.29, 1.82) is 0 Å². The molecule has 0 aliphatic carbocycles. The van der Waals surface area contributed by atoms with Crippen LogP contribution in [0.15, 0.2) is 24.3 Å². The maximum Gasteiger partial charge on any atom is 0.246 e. The third-order valence-corrected chi connectivity index (χ3v) is 4.60. The molecule has 7 heteroatoms. The molecule has 160 valence electrons. The Bertz CT molecular complexity index is 710. The van der Waals surface area contributed by atoms with E-state index in [9.17, 15) is 9.59 Å². The summed E-state index contributed by atoms with van der Waals surface area (Å²) in [5, 5.41) is 2.80. The summed E-state index contributed by atoms with van der Waals surface area (Å²) in [6, 6.07) is 5.64. The number of hydrogen-bond donors (Lipinski definition) is 1. The van der Waals surface area contributed by atoms with Crippen LogP contribution < -0.4 is 14.8 Å². The molecule has 0 aromatic heterocycles. The fourth-order valence-corrected chi connectivity index (χ4v) is 3.02. The van der Waals surface area contributed by atoms with Gasteiger partial charge >= 0.3 is 0 Å². The van der Waals surface area contributed by atoms with E-state index in [-0.39, 0.29) is 11.8 Å². The van der Waals surface area contributed by atoms with E-state index in [2.05, 4.69) is 24.1 Å². The lowest BCUT2D eigenvalue weighted by Crippen LogP contribution is -2.50. The number of ether oxygens (including phenoxy) is 2. The lowest BCUT2D eigenvalue weighted by molar-refractivity contribution is -0.128. The van der Waals surface area contributed by atoms with Gasteiger partial charge in [0.05, 0.1) is 20.3 Å². The molecule has 1 N–H and O–H groups in total. The summed E-state index contributed by atoms with van der Waals surface area (Å²) < 4.78 is 11.2. The first-order valence-electron chi connectivity index (χ1n) is 10.2. The second-order valence-corrected chi connectivity index (χ2v) is 7.50. The molecular weight excluding hydrogens is 370 g/mol. The van der Waals surface area contributed by atoms with Gasteiger partial charge in [-0.3, -0.25) is 14.5 Å². The van der Waals surface area contributed by atoms with Crippen molar-refractivity contribution in [2.75, 3.05) is 53.0 Å². The number of nitrogens with one attached hydrogen (secondary N) is 1. The fourth-order valence-electron chi connectivity index (χ4n) is 3.02. The van der Waals surface area contributed by atoms with Gasteiger partial charge in [-0.1, -0.05) is 19.9 Å². The monoisotopic (exact) mass is 403 g/mol. The number of methoxy groups -OCH3 is 1. The second-order valence-electron chi connectivity index (χ2n) is 7.50. The van der Waals surface area contributed by atoms with Gasteiger partial charge in [-0.2, -0.15) is 0 Å². The maximum atomic E-state index is 12.5. The van der Waals surface area contributed by atoms with Crippen LogP contribution in [0.5, 0.6) is 11.5 Å². The highest BCUT2D eigenvalue weighted by molar-refractivity contribution is 5.92. The first kappa shape index (κ1) is 22.7. The van der Waals surface area contributed by atoms with Gasteiger partial charge in [-0.15, -0.1) is 0 Å². The topological polar surface area (TPSA) is 71.1 Å². The number of carbonyl (C=O) groups is 2. The zero-order valence-electron chi connectivity index (χ0n) is 17.9. The van der Waals surface area contributed by atoms with Gasteiger partial charge in [0.15, 0.2) is 11.5 Å². The molecule has 1 saturated heterocycles. The molecular formula is C22H33N3O4. The van der Waals surface area contributed by atoms with E-state index >= 15 is 0 Å². The third-order valence-electron chi connectivity index (χ3n) is 4.60. The highest BCUT2D eigenvalue weighted by Gasteiger charge is 2.21. The Morgan fingerprint density at radius 1 is 1.17 bits per heavy atom. The highest BCUT2D eigenvalue weighted by Crippen LogP contribution is 2.29. The first-order chi connectivity index (χ1) is 13.9. The number of amides is 2. The molecule has 29 heavy (non-hydrogen) atoms. The zero-order valence-corrected chi connectivity index (χ0v) is 17.9. The zero-order chi connectivity index (χ0) is 21.2. The number of likely N-dealkylation sites (N-methyl/N-ethyl adjacent to an activating group) is 1. The molecule has 0 saturated carbocycles. The molecule has 0 bridgehead atoms. The SMILES string of the molecule is CCNC(=O)CN1CCN(C(=O)/C=C/c2ccc(OCC(C)C)c(OC)c2)CC1. The molecule has 7 nitrogen and oxygen atoms in total. The van der Waals surface area contributed by atoms with Gasteiger partial charge < -0.3 is 19.7 Å². The lowest BCUT2D eigenvalue weighted by atomic mass is 10.1. The van der Waals surface area contributed by atoms with Gasteiger partial charge in [-0.25, -0.2) is 0 Å². The average molecular weight is 404 g/mol. The van der Waals surface area contributed by atoms with Crippen molar-refractivity contribution in [3.8, 4) is 11.5 Å². The van der Waals surface area contributed by atoms with Gasteiger partial charge in [-0.05, 0) is 36.6 Å². The summed E-state index contributed by atoms with van der Waals surface area (Å²) in [6.07, 6.45) is 3.38. The summed E-state index contributed by atoms with van der Waals surface area (Å²) in [5.74, 6) is 1.79. The van der Waals surface area contributed by atoms with Crippen LogP contribution in [0, 0.1) is 5.92 Å². The van der Waals surface area contributed by atoms with Crippen molar-refractivity contribution < 1.29 is 19.1 Å². The van der Waals surface area contributed by atoms with Crippen molar-refractivity contribution in [3.63, 3.8) is 0 Å². The van der Waals surface area contributed by atoms with E-state index in [4.69, 9.17) is 9.47 Å². The van der Waals surface area contributed by atoms with Gasteiger partial charge in [0.2, 0.25) is 11.8 Å². The molecule has 1 aliphatic rings. The Morgan fingerprint density at radius 3 is 2.52 bits per heavy atom. The van der Waals surface area contributed by atoms with Crippen LogP contribution in [0.1, 0.15) is 26.3 Å². The molecule has 1 aliphatic heterocycles. The van der Waals surface area contributed by atoms with Crippen LogP contribution in [0.4, 0.5) is 0 Å². The molecule has 0 radical (unpaired) electrons. The molecule has 1 aromatic rings. The third kappa shape index (κ3) is 7.42. The Morgan fingerprint density at radius 2 is 1.90 bits per heavy atom. The standard InChI is InChI=1S/C22H33N3O4/c1-5-23-21(26)15-24-10-12-25(13-11-24)22(27)9-7-18-6-8-19(20(14-18)28-4)29-16-17(2)3/h6-9,14,17H,5,10-13,15-16H2,1-4H3,(H,23,26)/b9-7+. The predicted molar refractivity (Wildman–Crippen MR) is 114 cm³/mol. The van der Waals surface area contributed by atoms with Crippen LogP contribution in [-0.4, -0.2) is 74.6 Å². The summed E-state index contributed by atoms with van der Waals surface area (Å²) in [5.41, 5.74) is 0.877. The Balaban J connectivity index is 1.88. The first-order valence-corrected chi connectivity index (χ1v) is 10.2. The Hall–Kier alpha value is -2.54. The summed E-state index contributed by atoms with van der Waals surface area (Å²) >= 11 is 0. The smallest absolute Gasteiger partial charge is 0.246 e. The quantitative estimate of drug-likeness (QED) is 0.639.